The van der Waals surface area contributed by atoms with Crippen LogP contribution in [-0.2, 0) is 16.1 Å². The van der Waals surface area contributed by atoms with E-state index in [2.05, 4.69) is 5.32 Å². The average Bonchev–Trinajstić information content (AvgIpc) is 2.94. The minimum atomic E-state index is -0.629. The lowest BCUT2D eigenvalue weighted by Crippen LogP contribution is -2.37. The third-order valence-electron chi connectivity index (χ3n) is 3.75. The number of aromatic nitrogens is 1. The zero-order chi connectivity index (χ0) is 17.1. The first-order valence-electron chi connectivity index (χ1n) is 7.63. The van der Waals surface area contributed by atoms with Crippen molar-refractivity contribution in [3.05, 3.63) is 46.5 Å². The lowest BCUT2D eigenvalue weighted by molar-refractivity contribution is -0.119. The van der Waals surface area contributed by atoms with Gasteiger partial charge in [0.05, 0.1) is 37.3 Å². The number of halogens is 1. The first-order valence-corrected chi connectivity index (χ1v) is 7.63. The molecule has 0 bridgehead atoms. The molecule has 0 spiro atoms. The van der Waals surface area contributed by atoms with E-state index in [9.17, 15) is 14.0 Å². The molecule has 2 heterocycles. The van der Waals surface area contributed by atoms with Crippen molar-refractivity contribution in [2.75, 3.05) is 31.2 Å². The van der Waals surface area contributed by atoms with Crippen molar-refractivity contribution in [3.8, 4) is 5.69 Å². The van der Waals surface area contributed by atoms with Gasteiger partial charge >= 0.3 is 5.76 Å². The molecule has 1 aliphatic heterocycles. The van der Waals surface area contributed by atoms with Crippen molar-refractivity contribution in [2.45, 2.75) is 13.5 Å². The minimum absolute atomic E-state index is 0.0970. The van der Waals surface area contributed by atoms with Crippen LogP contribution in [0.5, 0.6) is 0 Å². The maximum Gasteiger partial charge on any atom is 0.423 e. The Kier molecular flexibility index (Phi) is 4.66. The molecular formula is C16H18FN3O4. The van der Waals surface area contributed by atoms with Crippen molar-refractivity contribution in [3.63, 3.8) is 0 Å². The van der Waals surface area contributed by atoms with Crippen LogP contribution in [0.25, 0.3) is 5.69 Å². The minimum Gasteiger partial charge on any atom is -0.411 e. The summed E-state index contributed by atoms with van der Waals surface area (Å²) in [6, 6.07) is 4.56. The number of amides is 1. The van der Waals surface area contributed by atoms with Crippen LogP contribution in [0.4, 0.5) is 10.1 Å². The number of benzene rings is 1. The number of hydrogen-bond donors (Lipinski definition) is 1. The van der Waals surface area contributed by atoms with Gasteiger partial charge in [-0.3, -0.25) is 4.79 Å². The second-order valence-electron chi connectivity index (χ2n) is 5.45. The number of carbonyl (C=O) groups excluding carboxylic acids is 1. The summed E-state index contributed by atoms with van der Waals surface area (Å²) in [4.78, 5) is 25.0. The highest BCUT2D eigenvalue weighted by Gasteiger charge is 2.21. The van der Waals surface area contributed by atoms with Crippen LogP contribution in [-0.4, -0.2) is 36.8 Å². The zero-order valence-electron chi connectivity index (χ0n) is 13.3. The summed E-state index contributed by atoms with van der Waals surface area (Å²) in [5.41, 5.74) is 0.745. The third kappa shape index (κ3) is 3.33. The summed E-state index contributed by atoms with van der Waals surface area (Å²) in [7, 11) is 0. The predicted molar refractivity (Wildman–Crippen MR) is 84.8 cm³/mol. The van der Waals surface area contributed by atoms with Crippen LogP contribution in [0, 0.1) is 5.82 Å². The fourth-order valence-corrected chi connectivity index (χ4v) is 2.64. The number of hydrogen-bond acceptors (Lipinski definition) is 5. The second kappa shape index (κ2) is 6.88. The number of oxazole rings is 1. The molecule has 0 atom stereocenters. The maximum absolute atomic E-state index is 14.4. The summed E-state index contributed by atoms with van der Waals surface area (Å²) < 4.78 is 26.1. The number of ether oxygens (including phenoxy) is 1. The van der Waals surface area contributed by atoms with Crippen LogP contribution in [0.15, 0.2) is 33.6 Å². The molecule has 0 radical (unpaired) electrons. The van der Waals surface area contributed by atoms with E-state index in [1.807, 2.05) is 4.90 Å². The number of anilines is 1. The monoisotopic (exact) mass is 335 g/mol. The number of nitrogens with one attached hydrogen (secondary N) is 1. The van der Waals surface area contributed by atoms with E-state index >= 15 is 0 Å². The van der Waals surface area contributed by atoms with Crippen LogP contribution in [0.1, 0.15) is 12.7 Å². The lowest BCUT2D eigenvalue weighted by atomic mass is 10.2. The predicted octanol–water partition coefficient (Wildman–Crippen LogP) is 1.04. The van der Waals surface area contributed by atoms with Gasteiger partial charge in [0.1, 0.15) is 11.6 Å². The molecule has 1 aromatic heterocycles. The SMILES string of the molecule is CC(=O)NCc1cn(-c2cccc(F)c2N2CCOCC2)c(=O)o1. The van der Waals surface area contributed by atoms with Gasteiger partial charge in [0.2, 0.25) is 5.91 Å². The molecule has 1 aliphatic rings. The Labute approximate surface area is 137 Å². The van der Waals surface area contributed by atoms with Gasteiger partial charge < -0.3 is 19.4 Å². The molecule has 0 unspecified atom stereocenters. The largest absolute Gasteiger partial charge is 0.423 e. The van der Waals surface area contributed by atoms with Gasteiger partial charge in [0, 0.05) is 20.0 Å². The fourth-order valence-electron chi connectivity index (χ4n) is 2.64. The number of nitrogens with zero attached hydrogens (tertiary/aromatic N) is 2. The van der Waals surface area contributed by atoms with Crippen LogP contribution >= 0.6 is 0 Å². The Morgan fingerprint density at radius 1 is 1.33 bits per heavy atom. The van der Waals surface area contributed by atoms with Gasteiger partial charge in [-0.05, 0) is 12.1 Å². The van der Waals surface area contributed by atoms with E-state index in [0.29, 0.717) is 43.4 Å². The molecule has 128 valence electrons. The lowest BCUT2D eigenvalue weighted by Gasteiger charge is -2.30. The Balaban J connectivity index is 1.99. The summed E-state index contributed by atoms with van der Waals surface area (Å²) in [5.74, 6) is -0.973. The van der Waals surface area contributed by atoms with Crippen molar-refractivity contribution >= 4 is 11.6 Å². The Bertz CT molecular complexity index is 793. The van der Waals surface area contributed by atoms with Crippen molar-refractivity contribution in [2.24, 2.45) is 0 Å². The third-order valence-corrected chi connectivity index (χ3v) is 3.75. The summed E-state index contributed by atoms with van der Waals surface area (Å²) >= 11 is 0. The van der Waals surface area contributed by atoms with E-state index in [4.69, 9.17) is 9.15 Å². The topological polar surface area (TPSA) is 76.7 Å². The molecule has 1 saturated heterocycles. The first kappa shape index (κ1) is 16.3. The highest BCUT2D eigenvalue weighted by molar-refractivity contribution is 5.72. The molecule has 8 heteroatoms. The highest BCUT2D eigenvalue weighted by Crippen LogP contribution is 2.28. The second-order valence-corrected chi connectivity index (χ2v) is 5.45. The van der Waals surface area contributed by atoms with Crippen molar-refractivity contribution in [1.82, 2.24) is 9.88 Å². The van der Waals surface area contributed by atoms with E-state index in [1.54, 1.807) is 12.1 Å². The molecular weight excluding hydrogens is 317 g/mol. The number of rotatable bonds is 4. The molecule has 1 amide bonds. The Morgan fingerprint density at radius 3 is 2.79 bits per heavy atom. The van der Waals surface area contributed by atoms with Crippen molar-refractivity contribution < 1.29 is 18.3 Å². The van der Waals surface area contributed by atoms with E-state index in [1.165, 1.54) is 23.8 Å². The van der Waals surface area contributed by atoms with Gasteiger partial charge in [0.15, 0.2) is 0 Å². The van der Waals surface area contributed by atoms with Crippen LogP contribution in [0.3, 0.4) is 0 Å². The van der Waals surface area contributed by atoms with E-state index in [-0.39, 0.29) is 12.5 Å². The van der Waals surface area contributed by atoms with Gasteiger partial charge in [-0.25, -0.2) is 13.8 Å². The van der Waals surface area contributed by atoms with E-state index in [0.717, 1.165) is 0 Å². The first-order chi connectivity index (χ1) is 11.6. The van der Waals surface area contributed by atoms with Gasteiger partial charge in [0.25, 0.3) is 0 Å². The number of carbonyl (C=O) groups is 1. The standard InChI is InChI=1S/C16H18FN3O4/c1-11(21)18-9-12-10-20(16(22)24-12)14-4-2-3-13(17)15(14)19-5-7-23-8-6-19/h2-4,10H,5-9H2,1H3,(H,18,21). The molecule has 1 aromatic carbocycles. The highest BCUT2D eigenvalue weighted by atomic mass is 19.1. The molecule has 0 aliphatic carbocycles. The Morgan fingerprint density at radius 2 is 2.08 bits per heavy atom. The molecule has 1 N–H and O–H groups in total. The molecule has 0 saturated carbocycles. The fraction of sp³-hybridized carbons (Fsp3) is 0.375. The molecule has 2 aromatic rings. The smallest absolute Gasteiger partial charge is 0.411 e. The van der Waals surface area contributed by atoms with Crippen molar-refractivity contribution in [1.29, 1.82) is 0 Å². The molecule has 3 rings (SSSR count). The average molecular weight is 335 g/mol. The summed E-state index contributed by atoms with van der Waals surface area (Å²) in [6.07, 6.45) is 1.47. The number of morpholine rings is 1. The van der Waals surface area contributed by atoms with Crippen LogP contribution in [0.2, 0.25) is 0 Å². The molecule has 7 nitrogen and oxygen atoms in total. The summed E-state index contributed by atoms with van der Waals surface area (Å²) in [6.45, 7) is 3.56. The van der Waals surface area contributed by atoms with Crippen LogP contribution < -0.4 is 16.0 Å². The zero-order valence-corrected chi connectivity index (χ0v) is 13.3. The quantitative estimate of drug-likeness (QED) is 0.903. The Hall–Kier alpha value is -2.61. The van der Waals surface area contributed by atoms with Gasteiger partial charge in [-0.15, -0.1) is 0 Å². The summed E-state index contributed by atoms with van der Waals surface area (Å²) in [5, 5.41) is 2.56. The maximum atomic E-state index is 14.4. The molecule has 24 heavy (non-hydrogen) atoms. The van der Waals surface area contributed by atoms with Gasteiger partial charge in [-0.2, -0.15) is 0 Å². The number of para-hydroxylation sites is 1. The molecule has 1 fully saturated rings. The van der Waals surface area contributed by atoms with E-state index < -0.39 is 11.6 Å². The normalized spacial score (nSPS) is 14.7. The van der Waals surface area contributed by atoms with Gasteiger partial charge in [-0.1, -0.05) is 6.07 Å².